The van der Waals surface area contributed by atoms with Gasteiger partial charge in [-0.25, -0.2) is 4.98 Å². The Morgan fingerprint density at radius 3 is 2.50 bits per heavy atom. The van der Waals surface area contributed by atoms with Crippen molar-refractivity contribution in [2.75, 3.05) is 0 Å². The van der Waals surface area contributed by atoms with Gasteiger partial charge in [0.15, 0.2) is 0 Å². The maximum Gasteiger partial charge on any atom is 0.252 e. The summed E-state index contributed by atoms with van der Waals surface area (Å²) in [6, 6.07) is 15.7. The van der Waals surface area contributed by atoms with Crippen molar-refractivity contribution < 1.29 is 4.79 Å². The van der Waals surface area contributed by atoms with Crippen LogP contribution in [0.25, 0.3) is 22.2 Å². The summed E-state index contributed by atoms with van der Waals surface area (Å²) in [6.07, 6.45) is 4.52. The first-order chi connectivity index (χ1) is 12.6. The lowest BCUT2D eigenvalue weighted by Gasteiger charge is -2.17. The number of carbonyl (C=O) groups is 1. The number of pyridine rings is 1. The molecule has 2 aromatic carbocycles. The number of nitrogens with one attached hydrogen (secondary N) is 1. The molecule has 3 nitrogen and oxygen atoms in total. The van der Waals surface area contributed by atoms with E-state index >= 15 is 0 Å². The summed E-state index contributed by atoms with van der Waals surface area (Å²) in [5.41, 5.74) is 4.26. The van der Waals surface area contributed by atoms with Gasteiger partial charge in [0.05, 0.1) is 16.8 Å². The van der Waals surface area contributed by atoms with Crippen molar-refractivity contribution in [3.8, 4) is 11.3 Å². The fourth-order valence-electron chi connectivity index (χ4n) is 3.82. The number of carbonyl (C=O) groups excluding carboxylic acids is 1. The fraction of sp³-hybridized carbons (Fsp3) is 0.273. The van der Waals surface area contributed by atoms with Crippen molar-refractivity contribution in [2.24, 2.45) is 0 Å². The molecule has 0 saturated heterocycles. The van der Waals surface area contributed by atoms with Crippen molar-refractivity contribution in [1.29, 1.82) is 0 Å². The predicted molar refractivity (Wildman–Crippen MR) is 107 cm³/mol. The number of hydrogen-bond acceptors (Lipinski definition) is 2. The van der Waals surface area contributed by atoms with Crippen molar-refractivity contribution >= 4 is 28.4 Å². The Bertz CT molecular complexity index is 960. The largest absolute Gasteiger partial charge is 0.349 e. The smallest absolute Gasteiger partial charge is 0.252 e. The molecule has 26 heavy (non-hydrogen) atoms. The van der Waals surface area contributed by atoms with Crippen molar-refractivity contribution in [1.82, 2.24) is 10.3 Å². The second kappa shape index (κ2) is 7.08. The standard InChI is InChI=1S/C22H21ClN2O/c1-14-20(22(26)24-17-6-2-3-7-17)18-8-4-5-9-19(18)25-21(14)15-10-12-16(23)13-11-15/h4-5,8-13,17H,2-3,6-7H2,1H3,(H,24,26). The Labute approximate surface area is 158 Å². The number of hydrogen-bond donors (Lipinski definition) is 1. The first kappa shape index (κ1) is 17.0. The monoisotopic (exact) mass is 364 g/mol. The molecule has 1 N–H and O–H groups in total. The van der Waals surface area contributed by atoms with E-state index in [1.54, 1.807) is 0 Å². The average molecular weight is 365 g/mol. The number of fused-ring (bicyclic) bond motifs is 1. The van der Waals surface area contributed by atoms with E-state index in [4.69, 9.17) is 16.6 Å². The molecule has 4 rings (SSSR count). The van der Waals surface area contributed by atoms with E-state index in [1.807, 2.05) is 55.5 Å². The van der Waals surface area contributed by atoms with Gasteiger partial charge < -0.3 is 5.32 Å². The molecule has 0 bridgehead atoms. The van der Waals surface area contributed by atoms with Crippen LogP contribution in [0.2, 0.25) is 5.02 Å². The van der Waals surface area contributed by atoms with Crippen molar-refractivity contribution in [3.63, 3.8) is 0 Å². The maximum atomic E-state index is 13.1. The minimum atomic E-state index is 0.00298. The molecule has 1 aliphatic rings. The molecule has 132 valence electrons. The molecule has 1 aliphatic carbocycles. The average Bonchev–Trinajstić information content (AvgIpc) is 3.15. The van der Waals surface area contributed by atoms with Gasteiger partial charge in [0, 0.05) is 22.0 Å². The summed E-state index contributed by atoms with van der Waals surface area (Å²) < 4.78 is 0. The Balaban J connectivity index is 1.85. The number of benzene rings is 2. The zero-order valence-corrected chi connectivity index (χ0v) is 15.5. The summed E-state index contributed by atoms with van der Waals surface area (Å²) in [5.74, 6) is 0.00298. The topological polar surface area (TPSA) is 42.0 Å². The van der Waals surface area contributed by atoms with E-state index in [2.05, 4.69) is 5.32 Å². The number of para-hydroxylation sites is 1. The first-order valence-electron chi connectivity index (χ1n) is 9.09. The lowest BCUT2D eigenvalue weighted by Crippen LogP contribution is -2.33. The van der Waals surface area contributed by atoms with E-state index in [9.17, 15) is 4.79 Å². The van der Waals surface area contributed by atoms with Gasteiger partial charge >= 0.3 is 0 Å². The molecule has 1 amide bonds. The van der Waals surface area contributed by atoms with Crippen LogP contribution in [-0.4, -0.2) is 16.9 Å². The fourth-order valence-corrected chi connectivity index (χ4v) is 3.94. The highest BCUT2D eigenvalue weighted by molar-refractivity contribution is 6.30. The first-order valence-corrected chi connectivity index (χ1v) is 9.47. The maximum absolute atomic E-state index is 13.1. The van der Waals surface area contributed by atoms with Crippen LogP contribution in [-0.2, 0) is 0 Å². The van der Waals surface area contributed by atoms with Gasteiger partial charge in [-0.2, -0.15) is 0 Å². The van der Waals surface area contributed by atoms with Gasteiger partial charge in [-0.05, 0) is 43.5 Å². The van der Waals surface area contributed by atoms with Gasteiger partial charge in [0.2, 0.25) is 0 Å². The normalized spacial score (nSPS) is 14.7. The zero-order chi connectivity index (χ0) is 18.1. The summed E-state index contributed by atoms with van der Waals surface area (Å²) in [4.78, 5) is 17.9. The van der Waals surface area contributed by atoms with E-state index < -0.39 is 0 Å². The van der Waals surface area contributed by atoms with Crippen molar-refractivity contribution in [2.45, 2.75) is 38.6 Å². The summed E-state index contributed by atoms with van der Waals surface area (Å²) in [7, 11) is 0. The van der Waals surface area contributed by atoms with Gasteiger partial charge in [0.1, 0.15) is 0 Å². The number of amides is 1. The molecular weight excluding hydrogens is 344 g/mol. The van der Waals surface area contributed by atoms with Crippen LogP contribution in [0.1, 0.15) is 41.6 Å². The van der Waals surface area contributed by atoms with Gasteiger partial charge in [-0.15, -0.1) is 0 Å². The highest BCUT2D eigenvalue weighted by atomic mass is 35.5. The Kier molecular flexibility index (Phi) is 4.64. The van der Waals surface area contributed by atoms with Crippen LogP contribution >= 0.6 is 11.6 Å². The lowest BCUT2D eigenvalue weighted by atomic mass is 9.97. The molecule has 1 fully saturated rings. The third-order valence-corrected chi connectivity index (χ3v) is 5.42. The Morgan fingerprint density at radius 1 is 1.08 bits per heavy atom. The van der Waals surface area contributed by atoms with Crippen LogP contribution < -0.4 is 5.32 Å². The molecule has 3 aromatic rings. The predicted octanol–water partition coefficient (Wildman–Crippen LogP) is 5.54. The molecule has 0 unspecified atom stereocenters. The van der Waals surface area contributed by atoms with Crippen LogP contribution in [0.5, 0.6) is 0 Å². The van der Waals surface area contributed by atoms with E-state index in [-0.39, 0.29) is 11.9 Å². The summed E-state index contributed by atoms with van der Waals surface area (Å²) >= 11 is 6.03. The quantitative estimate of drug-likeness (QED) is 0.663. The van der Waals surface area contributed by atoms with Crippen LogP contribution in [0.3, 0.4) is 0 Å². The second-order valence-corrected chi connectivity index (χ2v) is 7.38. The van der Waals surface area contributed by atoms with Crippen LogP contribution in [0, 0.1) is 6.92 Å². The second-order valence-electron chi connectivity index (χ2n) is 6.94. The molecule has 0 radical (unpaired) electrons. The van der Waals surface area contributed by atoms with E-state index in [1.165, 1.54) is 12.8 Å². The molecule has 0 spiro atoms. The molecule has 1 aromatic heterocycles. The Morgan fingerprint density at radius 2 is 1.77 bits per heavy atom. The van der Waals surface area contributed by atoms with Gasteiger partial charge in [0.25, 0.3) is 5.91 Å². The van der Waals surface area contributed by atoms with Gasteiger partial charge in [-0.1, -0.05) is 54.8 Å². The molecule has 1 saturated carbocycles. The van der Waals surface area contributed by atoms with Crippen LogP contribution in [0.15, 0.2) is 48.5 Å². The molecule has 0 aliphatic heterocycles. The number of halogens is 1. The summed E-state index contributed by atoms with van der Waals surface area (Å²) in [6.45, 7) is 1.98. The number of aromatic nitrogens is 1. The van der Waals surface area contributed by atoms with Crippen LogP contribution in [0.4, 0.5) is 0 Å². The van der Waals surface area contributed by atoms with E-state index in [0.717, 1.165) is 46.1 Å². The zero-order valence-electron chi connectivity index (χ0n) is 14.8. The molecule has 4 heteroatoms. The third-order valence-electron chi connectivity index (χ3n) is 5.17. The number of rotatable bonds is 3. The molecule has 1 heterocycles. The summed E-state index contributed by atoms with van der Waals surface area (Å²) in [5, 5.41) is 4.82. The highest BCUT2D eigenvalue weighted by Crippen LogP contribution is 2.30. The van der Waals surface area contributed by atoms with Gasteiger partial charge in [-0.3, -0.25) is 4.79 Å². The number of nitrogens with zero attached hydrogens (tertiary/aromatic N) is 1. The third kappa shape index (κ3) is 3.19. The minimum Gasteiger partial charge on any atom is -0.349 e. The molecular formula is C22H21ClN2O. The molecule has 0 atom stereocenters. The highest BCUT2D eigenvalue weighted by Gasteiger charge is 2.22. The minimum absolute atomic E-state index is 0.00298. The lowest BCUT2D eigenvalue weighted by molar-refractivity contribution is 0.0939. The SMILES string of the molecule is Cc1c(-c2ccc(Cl)cc2)nc2ccccc2c1C(=O)NC1CCCC1. The van der Waals surface area contributed by atoms with Crippen molar-refractivity contribution in [3.05, 3.63) is 64.7 Å². The van der Waals surface area contributed by atoms with E-state index in [0.29, 0.717) is 5.02 Å². The Hall–Kier alpha value is -2.39.